The number of nitrogens with zero attached hydrogens (tertiary/aromatic N) is 3. The second-order valence-electron chi connectivity index (χ2n) is 7.44. The van der Waals surface area contributed by atoms with Crippen LogP contribution in [0.3, 0.4) is 0 Å². The van der Waals surface area contributed by atoms with Gasteiger partial charge in [-0.05, 0) is 63.2 Å². The zero-order valence-electron chi connectivity index (χ0n) is 18.2. The minimum absolute atomic E-state index is 0.0577. The molecule has 0 radical (unpaired) electrons. The Labute approximate surface area is 194 Å². The molecule has 2 N–H and O–H groups in total. The molecule has 9 heteroatoms. The summed E-state index contributed by atoms with van der Waals surface area (Å²) in [6, 6.07) is 13.3. The van der Waals surface area contributed by atoms with Gasteiger partial charge in [0.15, 0.2) is 5.13 Å². The van der Waals surface area contributed by atoms with Gasteiger partial charge in [0.2, 0.25) is 5.91 Å². The number of aromatic nitrogens is 3. The fraction of sp³-hybridized carbons (Fsp3) is 0.217. The number of thiazole rings is 1. The lowest BCUT2D eigenvalue weighted by Gasteiger charge is -2.06. The van der Waals surface area contributed by atoms with Crippen LogP contribution in [0.5, 0.6) is 0 Å². The molecular weight excluding hydrogens is 442 g/mol. The minimum atomic E-state index is -0.206. The predicted molar refractivity (Wildman–Crippen MR) is 129 cm³/mol. The quantitative estimate of drug-likeness (QED) is 0.425. The summed E-state index contributed by atoms with van der Waals surface area (Å²) < 4.78 is 1.86. The number of rotatable bonds is 6. The molecule has 2 amide bonds. The first-order valence-electron chi connectivity index (χ1n) is 10.1. The maximum Gasteiger partial charge on any atom is 0.257 e. The smallest absolute Gasteiger partial charge is 0.257 e. The first kappa shape index (κ1) is 21.9. The van der Waals surface area contributed by atoms with Crippen molar-refractivity contribution in [2.24, 2.45) is 0 Å². The fourth-order valence-electron chi connectivity index (χ4n) is 3.30. The summed E-state index contributed by atoms with van der Waals surface area (Å²) in [6.07, 6.45) is 0. The first-order chi connectivity index (χ1) is 15.3. The van der Waals surface area contributed by atoms with Crippen LogP contribution in [-0.2, 0) is 11.3 Å². The van der Waals surface area contributed by atoms with Gasteiger partial charge in [-0.2, -0.15) is 5.10 Å². The Morgan fingerprint density at radius 2 is 1.78 bits per heavy atom. The summed E-state index contributed by atoms with van der Waals surface area (Å²) in [4.78, 5) is 31.6. The highest BCUT2D eigenvalue weighted by molar-refractivity contribution is 7.18. The first-order valence-corrected chi connectivity index (χ1v) is 11.7. The molecule has 0 bridgehead atoms. The van der Waals surface area contributed by atoms with Crippen molar-refractivity contribution in [1.29, 1.82) is 0 Å². The van der Waals surface area contributed by atoms with E-state index >= 15 is 0 Å². The molecule has 3 heterocycles. The molecule has 164 valence electrons. The van der Waals surface area contributed by atoms with Gasteiger partial charge < -0.3 is 5.32 Å². The van der Waals surface area contributed by atoms with E-state index < -0.39 is 0 Å². The molecule has 0 unspecified atom stereocenters. The zero-order valence-corrected chi connectivity index (χ0v) is 19.9. The summed E-state index contributed by atoms with van der Waals surface area (Å²) in [5, 5.41) is 10.7. The van der Waals surface area contributed by atoms with Crippen molar-refractivity contribution in [3.63, 3.8) is 0 Å². The second-order valence-corrected chi connectivity index (χ2v) is 9.81. The molecule has 0 saturated carbocycles. The molecule has 0 saturated heterocycles. The molecule has 0 atom stereocenters. The molecule has 0 fully saturated rings. The van der Waals surface area contributed by atoms with Crippen molar-refractivity contribution >= 4 is 39.6 Å². The maximum atomic E-state index is 12.7. The van der Waals surface area contributed by atoms with Gasteiger partial charge in [-0.1, -0.05) is 0 Å². The van der Waals surface area contributed by atoms with E-state index in [1.807, 2.05) is 55.8 Å². The van der Waals surface area contributed by atoms with Crippen molar-refractivity contribution in [1.82, 2.24) is 20.1 Å². The summed E-state index contributed by atoms with van der Waals surface area (Å²) in [5.74, 6) is -0.263. The van der Waals surface area contributed by atoms with E-state index in [2.05, 4.69) is 20.7 Å². The fourth-order valence-corrected chi connectivity index (χ4v) is 5.19. The van der Waals surface area contributed by atoms with Crippen molar-refractivity contribution in [3.05, 3.63) is 69.2 Å². The number of thiophene rings is 1. The van der Waals surface area contributed by atoms with Gasteiger partial charge in [-0.25, -0.2) is 9.67 Å². The Kier molecular flexibility index (Phi) is 6.20. The summed E-state index contributed by atoms with van der Waals surface area (Å²) in [7, 11) is 0. The third-order valence-electron chi connectivity index (χ3n) is 4.81. The zero-order chi connectivity index (χ0) is 22.8. The van der Waals surface area contributed by atoms with Gasteiger partial charge in [0.1, 0.15) is 0 Å². The topological polar surface area (TPSA) is 88.9 Å². The van der Waals surface area contributed by atoms with Crippen molar-refractivity contribution in [2.75, 3.05) is 5.32 Å². The molecule has 0 aliphatic heterocycles. The van der Waals surface area contributed by atoms with Crippen molar-refractivity contribution < 1.29 is 9.59 Å². The summed E-state index contributed by atoms with van der Waals surface area (Å²) in [5.41, 5.74) is 4.31. The number of amides is 2. The Balaban J connectivity index is 1.46. The molecule has 0 spiro atoms. The molecule has 0 aliphatic carbocycles. The SMILES string of the molecule is CC(=O)NCc1ccc(-c2nc(NC(=O)c3ccc(-n4nc(C)cc4C)cc3)sc2C)s1. The van der Waals surface area contributed by atoms with Crippen LogP contribution in [-0.4, -0.2) is 26.6 Å². The highest BCUT2D eigenvalue weighted by atomic mass is 32.1. The molecule has 32 heavy (non-hydrogen) atoms. The van der Waals surface area contributed by atoms with Crippen LogP contribution < -0.4 is 10.6 Å². The molecular formula is C23H23N5O2S2. The Morgan fingerprint density at radius 3 is 2.44 bits per heavy atom. The van der Waals surface area contributed by atoms with Gasteiger partial charge in [0.25, 0.3) is 5.91 Å². The number of carbonyl (C=O) groups excluding carboxylic acids is 2. The highest BCUT2D eigenvalue weighted by Gasteiger charge is 2.15. The number of benzene rings is 1. The Bertz CT molecular complexity index is 1280. The number of aryl methyl sites for hydroxylation is 3. The molecule has 4 rings (SSSR count). The van der Waals surface area contributed by atoms with Crippen molar-refractivity contribution in [2.45, 2.75) is 34.2 Å². The average molecular weight is 466 g/mol. The Hall–Kier alpha value is -3.30. The Morgan fingerprint density at radius 1 is 1.03 bits per heavy atom. The second kappa shape index (κ2) is 9.05. The van der Waals surface area contributed by atoms with Crippen LogP contribution in [0.4, 0.5) is 5.13 Å². The van der Waals surface area contributed by atoms with Gasteiger partial charge in [0.05, 0.1) is 28.5 Å². The summed E-state index contributed by atoms with van der Waals surface area (Å²) in [6.45, 7) is 7.94. The van der Waals surface area contributed by atoms with E-state index in [0.29, 0.717) is 17.2 Å². The van der Waals surface area contributed by atoms with E-state index in [-0.39, 0.29) is 11.8 Å². The van der Waals surface area contributed by atoms with Crippen LogP contribution in [0.2, 0.25) is 0 Å². The van der Waals surface area contributed by atoms with Gasteiger partial charge in [-0.15, -0.1) is 22.7 Å². The molecule has 3 aromatic heterocycles. The lowest BCUT2D eigenvalue weighted by molar-refractivity contribution is -0.119. The average Bonchev–Trinajstić information content (AvgIpc) is 3.45. The lowest BCUT2D eigenvalue weighted by Crippen LogP contribution is -2.17. The maximum absolute atomic E-state index is 12.7. The van der Waals surface area contributed by atoms with E-state index in [0.717, 1.165) is 37.4 Å². The highest BCUT2D eigenvalue weighted by Crippen LogP contribution is 2.34. The molecule has 0 aliphatic rings. The summed E-state index contributed by atoms with van der Waals surface area (Å²) >= 11 is 3.03. The largest absolute Gasteiger partial charge is 0.351 e. The minimum Gasteiger partial charge on any atom is -0.351 e. The lowest BCUT2D eigenvalue weighted by atomic mass is 10.2. The van der Waals surface area contributed by atoms with E-state index in [1.165, 1.54) is 18.3 Å². The van der Waals surface area contributed by atoms with Gasteiger partial charge >= 0.3 is 0 Å². The number of carbonyl (C=O) groups is 2. The van der Waals surface area contributed by atoms with Crippen LogP contribution in [0.1, 0.15) is 38.4 Å². The molecule has 7 nitrogen and oxygen atoms in total. The normalized spacial score (nSPS) is 10.9. The molecule has 4 aromatic rings. The van der Waals surface area contributed by atoms with Crippen LogP contribution in [0.15, 0.2) is 42.5 Å². The van der Waals surface area contributed by atoms with Crippen LogP contribution >= 0.6 is 22.7 Å². The third-order valence-corrected chi connectivity index (χ3v) is 6.79. The van der Waals surface area contributed by atoms with Crippen LogP contribution in [0.25, 0.3) is 16.3 Å². The number of hydrogen-bond donors (Lipinski definition) is 2. The monoisotopic (exact) mass is 465 g/mol. The van der Waals surface area contributed by atoms with Crippen LogP contribution in [0, 0.1) is 20.8 Å². The third kappa shape index (κ3) is 4.79. The predicted octanol–water partition coefficient (Wildman–Crippen LogP) is 4.87. The molecule has 1 aromatic carbocycles. The van der Waals surface area contributed by atoms with Crippen molar-refractivity contribution in [3.8, 4) is 16.3 Å². The van der Waals surface area contributed by atoms with Gasteiger partial charge in [0, 0.05) is 27.9 Å². The van der Waals surface area contributed by atoms with E-state index in [1.54, 1.807) is 23.5 Å². The van der Waals surface area contributed by atoms with Gasteiger partial charge in [-0.3, -0.25) is 14.9 Å². The standard InChI is InChI=1S/C23H23N5O2S2/c1-13-11-14(2)28(27-13)18-7-5-17(6-8-18)22(30)26-23-25-21(15(3)31-23)20-10-9-19(32-20)12-24-16(4)29/h5-11H,12H2,1-4H3,(H,24,29)(H,25,26,30). The van der Waals surface area contributed by atoms with E-state index in [4.69, 9.17) is 0 Å². The number of nitrogens with one attached hydrogen (secondary N) is 2. The van der Waals surface area contributed by atoms with E-state index in [9.17, 15) is 9.59 Å². The number of anilines is 1. The number of hydrogen-bond acceptors (Lipinski definition) is 6.